The van der Waals surface area contributed by atoms with Crippen LogP contribution in [0.5, 0.6) is 5.75 Å². The average Bonchev–Trinajstić information content (AvgIpc) is 3.16. The van der Waals surface area contributed by atoms with Crippen molar-refractivity contribution < 1.29 is 14.3 Å². The highest BCUT2D eigenvalue weighted by Gasteiger charge is 2.28. The fourth-order valence-electron chi connectivity index (χ4n) is 2.84. The Hall–Kier alpha value is -2.05. The molecular formula is C20H12Cl3NO3S. The number of esters is 1. The largest absolute Gasteiger partial charge is 0.496 e. The SMILES string of the molecule is COc1cc(/C=C2\N=C(c3sc4cc(Cl)cc(Cl)c4c3Cl)OC2=O)ccc1C. The first-order chi connectivity index (χ1) is 13.4. The molecular weight excluding hydrogens is 441 g/mol. The molecule has 142 valence electrons. The summed E-state index contributed by atoms with van der Waals surface area (Å²) in [6.07, 6.45) is 1.64. The number of hydrogen-bond acceptors (Lipinski definition) is 5. The van der Waals surface area contributed by atoms with Crippen LogP contribution in [0.4, 0.5) is 0 Å². The summed E-state index contributed by atoms with van der Waals surface area (Å²) in [7, 11) is 1.60. The van der Waals surface area contributed by atoms with Gasteiger partial charge in [0, 0.05) is 15.1 Å². The van der Waals surface area contributed by atoms with E-state index in [1.165, 1.54) is 11.3 Å². The highest BCUT2D eigenvalue weighted by molar-refractivity contribution is 7.21. The van der Waals surface area contributed by atoms with Gasteiger partial charge in [-0.2, -0.15) is 0 Å². The van der Waals surface area contributed by atoms with Crippen molar-refractivity contribution in [2.75, 3.05) is 7.11 Å². The van der Waals surface area contributed by atoms with Gasteiger partial charge in [0.1, 0.15) is 10.6 Å². The molecule has 8 heteroatoms. The van der Waals surface area contributed by atoms with Gasteiger partial charge in [0.05, 0.1) is 17.2 Å². The van der Waals surface area contributed by atoms with Crippen LogP contribution >= 0.6 is 46.1 Å². The standard InChI is InChI=1S/C20H12Cl3NO3S/c1-9-3-4-10(6-14(9)26-2)5-13-20(25)27-19(24-13)18-17(23)16-12(22)7-11(21)8-15(16)28-18/h3-8H,1-2H3/b13-5-. The molecule has 0 N–H and O–H groups in total. The zero-order chi connectivity index (χ0) is 20.0. The Balaban J connectivity index is 1.77. The maximum atomic E-state index is 12.3. The van der Waals surface area contributed by atoms with E-state index in [1.807, 2.05) is 25.1 Å². The zero-order valence-corrected chi connectivity index (χ0v) is 17.8. The van der Waals surface area contributed by atoms with Gasteiger partial charge in [-0.25, -0.2) is 9.79 Å². The number of benzene rings is 2. The Morgan fingerprint density at radius 3 is 2.71 bits per heavy atom. The Kier molecular flexibility index (Phi) is 5.10. The first-order valence-electron chi connectivity index (χ1n) is 8.12. The molecule has 0 fully saturated rings. The van der Waals surface area contributed by atoms with Gasteiger partial charge in [0.25, 0.3) is 0 Å². The molecule has 0 unspecified atom stereocenters. The zero-order valence-electron chi connectivity index (χ0n) is 14.7. The summed E-state index contributed by atoms with van der Waals surface area (Å²) in [6.45, 7) is 1.94. The van der Waals surface area contributed by atoms with Crippen LogP contribution in [0.15, 0.2) is 41.0 Å². The van der Waals surface area contributed by atoms with Crippen molar-refractivity contribution in [3.63, 3.8) is 0 Å². The molecule has 1 aliphatic heterocycles. The number of fused-ring (bicyclic) bond motifs is 1. The molecule has 2 aromatic carbocycles. The molecule has 1 aliphatic rings. The number of halogens is 3. The summed E-state index contributed by atoms with van der Waals surface area (Å²) < 4.78 is 11.5. The molecule has 3 aromatic rings. The van der Waals surface area contributed by atoms with E-state index in [2.05, 4.69) is 4.99 Å². The number of aliphatic imine (C=N–C) groups is 1. The third kappa shape index (κ3) is 3.40. The fourth-order valence-corrected chi connectivity index (χ4v) is 5.14. The first kappa shape index (κ1) is 19.3. The lowest BCUT2D eigenvalue weighted by atomic mass is 10.1. The van der Waals surface area contributed by atoms with Crippen molar-refractivity contribution in [3.05, 3.63) is 67.1 Å². The van der Waals surface area contributed by atoms with Crippen LogP contribution in [-0.2, 0) is 9.53 Å². The third-order valence-electron chi connectivity index (χ3n) is 4.20. The van der Waals surface area contributed by atoms with Gasteiger partial charge in [0.2, 0.25) is 5.90 Å². The minimum Gasteiger partial charge on any atom is -0.496 e. The van der Waals surface area contributed by atoms with E-state index in [9.17, 15) is 4.79 Å². The minimum absolute atomic E-state index is 0.147. The Morgan fingerprint density at radius 1 is 1.18 bits per heavy atom. The van der Waals surface area contributed by atoms with Crippen molar-refractivity contribution in [2.45, 2.75) is 6.92 Å². The Labute approximate surface area is 179 Å². The summed E-state index contributed by atoms with van der Waals surface area (Å²) in [4.78, 5) is 17.2. The van der Waals surface area contributed by atoms with Crippen LogP contribution in [-0.4, -0.2) is 19.0 Å². The maximum absolute atomic E-state index is 12.3. The van der Waals surface area contributed by atoms with E-state index in [0.717, 1.165) is 21.6 Å². The quantitative estimate of drug-likeness (QED) is 0.335. The smallest absolute Gasteiger partial charge is 0.363 e. The van der Waals surface area contributed by atoms with Crippen LogP contribution in [0.3, 0.4) is 0 Å². The molecule has 0 amide bonds. The number of aryl methyl sites for hydroxylation is 1. The van der Waals surface area contributed by atoms with Crippen LogP contribution < -0.4 is 4.74 Å². The Bertz CT molecular complexity index is 1200. The molecule has 1 aromatic heterocycles. The number of carbonyl (C=O) groups is 1. The second kappa shape index (κ2) is 7.41. The minimum atomic E-state index is -0.549. The number of nitrogens with zero attached hydrogens (tertiary/aromatic N) is 1. The van der Waals surface area contributed by atoms with E-state index in [0.29, 0.717) is 25.3 Å². The van der Waals surface area contributed by atoms with E-state index >= 15 is 0 Å². The summed E-state index contributed by atoms with van der Waals surface area (Å²) in [6, 6.07) is 8.99. The average molecular weight is 453 g/mol. The molecule has 0 spiro atoms. The molecule has 2 heterocycles. The van der Waals surface area contributed by atoms with Crippen molar-refractivity contribution in [1.29, 1.82) is 0 Å². The predicted molar refractivity (Wildman–Crippen MR) is 115 cm³/mol. The molecule has 0 bridgehead atoms. The fraction of sp³-hybridized carbons (Fsp3) is 0.100. The molecule has 4 nitrogen and oxygen atoms in total. The Morgan fingerprint density at radius 2 is 1.96 bits per heavy atom. The molecule has 28 heavy (non-hydrogen) atoms. The third-order valence-corrected chi connectivity index (χ3v) is 6.33. The van der Waals surface area contributed by atoms with Crippen LogP contribution in [0, 0.1) is 6.92 Å². The van der Waals surface area contributed by atoms with E-state index < -0.39 is 5.97 Å². The van der Waals surface area contributed by atoms with Crippen molar-refractivity contribution in [3.8, 4) is 5.75 Å². The topological polar surface area (TPSA) is 47.9 Å². The van der Waals surface area contributed by atoms with Crippen molar-refractivity contribution in [1.82, 2.24) is 0 Å². The van der Waals surface area contributed by atoms with Crippen LogP contribution in [0.1, 0.15) is 16.0 Å². The normalized spacial score (nSPS) is 15.2. The molecule has 0 saturated heterocycles. The monoisotopic (exact) mass is 451 g/mol. The lowest BCUT2D eigenvalue weighted by Crippen LogP contribution is -2.04. The van der Waals surface area contributed by atoms with E-state index in [1.54, 1.807) is 25.3 Å². The molecule has 0 saturated carbocycles. The number of thiophene rings is 1. The second-order valence-corrected chi connectivity index (χ2v) is 8.34. The number of ether oxygens (including phenoxy) is 2. The van der Waals surface area contributed by atoms with E-state index in [4.69, 9.17) is 44.3 Å². The highest BCUT2D eigenvalue weighted by atomic mass is 35.5. The van der Waals surface area contributed by atoms with Gasteiger partial charge in [-0.3, -0.25) is 0 Å². The van der Waals surface area contributed by atoms with Gasteiger partial charge in [0.15, 0.2) is 5.70 Å². The van der Waals surface area contributed by atoms with Gasteiger partial charge >= 0.3 is 5.97 Å². The lowest BCUT2D eigenvalue weighted by molar-refractivity contribution is -0.129. The summed E-state index contributed by atoms with van der Waals surface area (Å²) in [5.41, 5.74) is 1.95. The molecule has 4 rings (SSSR count). The molecule has 0 aliphatic carbocycles. The van der Waals surface area contributed by atoms with Crippen LogP contribution in [0.25, 0.3) is 16.2 Å². The van der Waals surface area contributed by atoms with Gasteiger partial charge in [-0.1, -0.05) is 46.9 Å². The summed E-state index contributed by atoms with van der Waals surface area (Å²) >= 11 is 20.1. The van der Waals surface area contributed by atoms with E-state index in [-0.39, 0.29) is 11.6 Å². The number of carbonyl (C=O) groups excluding carboxylic acids is 1. The number of methoxy groups -OCH3 is 1. The molecule has 0 radical (unpaired) electrons. The number of rotatable bonds is 3. The van der Waals surface area contributed by atoms with Crippen LogP contribution in [0.2, 0.25) is 15.1 Å². The van der Waals surface area contributed by atoms with Crippen molar-refractivity contribution >= 4 is 74.2 Å². The van der Waals surface area contributed by atoms with Gasteiger partial charge < -0.3 is 9.47 Å². The predicted octanol–water partition coefficient (Wildman–Crippen LogP) is 6.52. The lowest BCUT2D eigenvalue weighted by Gasteiger charge is -2.04. The van der Waals surface area contributed by atoms with Gasteiger partial charge in [-0.05, 0) is 42.3 Å². The number of hydrogen-bond donors (Lipinski definition) is 0. The van der Waals surface area contributed by atoms with Gasteiger partial charge in [-0.15, -0.1) is 11.3 Å². The first-order valence-corrected chi connectivity index (χ1v) is 10.1. The van der Waals surface area contributed by atoms with Crippen molar-refractivity contribution in [2.24, 2.45) is 4.99 Å². The summed E-state index contributed by atoms with van der Waals surface area (Å²) in [5, 5.41) is 1.97. The summed E-state index contributed by atoms with van der Waals surface area (Å²) in [5.74, 6) is 0.324. The highest BCUT2D eigenvalue weighted by Crippen LogP contribution is 2.42. The molecule has 0 atom stereocenters. The second-order valence-electron chi connectivity index (χ2n) is 6.07. The maximum Gasteiger partial charge on any atom is 0.363 e. The number of cyclic esters (lactones) is 1.